The third-order valence-electron chi connectivity index (χ3n) is 5.11. The van der Waals surface area contributed by atoms with Crippen molar-refractivity contribution in [3.63, 3.8) is 0 Å². The highest BCUT2D eigenvalue weighted by atomic mass is 16.3. The summed E-state index contributed by atoms with van der Waals surface area (Å²) in [5, 5.41) is 5.10. The van der Waals surface area contributed by atoms with Crippen LogP contribution in [-0.4, -0.2) is 4.57 Å². The molecule has 0 unspecified atom stereocenters. The van der Waals surface area contributed by atoms with E-state index in [1.807, 2.05) is 6.07 Å². The van der Waals surface area contributed by atoms with Crippen LogP contribution in [0.5, 0.6) is 0 Å². The Balaban J connectivity index is 2.11. The molecular weight excluding hydrogens is 294 g/mol. The maximum absolute atomic E-state index is 6.29. The molecule has 2 nitrogen and oxygen atoms in total. The second-order valence-corrected chi connectivity index (χ2v) is 6.56. The van der Waals surface area contributed by atoms with Crippen LogP contribution in [-0.2, 0) is 13.5 Å². The summed E-state index contributed by atoms with van der Waals surface area (Å²) in [6.45, 7) is 2.24. The summed E-state index contributed by atoms with van der Waals surface area (Å²) in [6, 6.07) is 19.3. The molecule has 0 aliphatic rings. The molecule has 0 fully saturated rings. The highest BCUT2D eigenvalue weighted by molar-refractivity contribution is 6.22. The summed E-state index contributed by atoms with van der Waals surface area (Å²) in [7, 11) is 2.15. The Kier molecular flexibility index (Phi) is 2.78. The van der Waals surface area contributed by atoms with E-state index in [4.69, 9.17) is 4.42 Å². The zero-order valence-electron chi connectivity index (χ0n) is 14.0. The van der Waals surface area contributed by atoms with Crippen LogP contribution in [0.1, 0.15) is 18.9 Å². The molecule has 0 aliphatic heterocycles. The highest BCUT2D eigenvalue weighted by Gasteiger charge is 2.19. The van der Waals surface area contributed by atoms with Crippen LogP contribution in [0.4, 0.5) is 0 Å². The van der Waals surface area contributed by atoms with Gasteiger partial charge in [0.05, 0.1) is 5.52 Å². The molecule has 2 aromatic heterocycles. The average molecular weight is 313 g/mol. The predicted molar refractivity (Wildman–Crippen MR) is 102 cm³/mol. The van der Waals surface area contributed by atoms with Gasteiger partial charge in [-0.1, -0.05) is 49.7 Å². The molecule has 3 aromatic carbocycles. The number of aryl methyl sites for hydroxylation is 2. The molecule has 0 bridgehead atoms. The third-order valence-corrected chi connectivity index (χ3v) is 5.11. The molecule has 0 amide bonds. The Morgan fingerprint density at radius 3 is 2.50 bits per heavy atom. The summed E-state index contributed by atoms with van der Waals surface area (Å²) >= 11 is 0. The van der Waals surface area contributed by atoms with Gasteiger partial charge in [-0.05, 0) is 30.2 Å². The molecule has 5 aromatic rings. The number of furan rings is 1. The van der Waals surface area contributed by atoms with Crippen molar-refractivity contribution in [2.45, 2.75) is 19.8 Å². The average Bonchev–Trinajstić information content (AvgIpc) is 3.12. The predicted octanol–water partition coefficient (Wildman–Crippen LogP) is 6.18. The first kappa shape index (κ1) is 13.7. The summed E-state index contributed by atoms with van der Waals surface area (Å²) in [5.74, 6) is 0. The minimum atomic E-state index is 0.965. The van der Waals surface area contributed by atoms with Gasteiger partial charge < -0.3 is 8.98 Å². The SMILES string of the molecule is CCCc1cc2c3ccccc3oc2c2c1c1ccccc1n2C. The van der Waals surface area contributed by atoms with E-state index < -0.39 is 0 Å². The molecule has 0 spiro atoms. The van der Waals surface area contributed by atoms with Crippen molar-refractivity contribution in [1.82, 2.24) is 4.57 Å². The van der Waals surface area contributed by atoms with Gasteiger partial charge in [-0.2, -0.15) is 0 Å². The van der Waals surface area contributed by atoms with Gasteiger partial charge in [-0.25, -0.2) is 0 Å². The fraction of sp³-hybridized carbons (Fsp3) is 0.182. The van der Waals surface area contributed by atoms with Gasteiger partial charge in [0, 0.05) is 34.1 Å². The number of hydrogen-bond acceptors (Lipinski definition) is 1. The number of rotatable bonds is 2. The Hall–Kier alpha value is -2.74. The molecule has 118 valence electrons. The minimum Gasteiger partial charge on any atom is -0.454 e. The number of nitrogens with zero attached hydrogens (tertiary/aromatic N) is 1. The maximum atomic E-state index is 6.29. The van der Waals surface area contributed by atoms with Crippen LogP contribution in [0, 0.1) is 0 Å². The Bertz CT molecular complexity index is 1220. The van der Waals surface area contributed by atoms with Crippen molar-refractivity contribution >= 4 is 43.7 Å². The fourth-order valence-electron chi connectivity index (χ4n) is 4.08. The molecule has 0 aliphatic carbocycles. The van der Waals surface area contributed by atoms with Gasteiger partial charge in [0.2, 0.25) is 0 Å². The third kappa shape index (κ3) is 1.66. The zero-order valence-corrected chi connectivity index (χ0v) is 14.0. The van der Waals surface area contributed by atoms with Crippen molar-refractivity contribution in [2.75, 3.05) is 0 Å². The Morgan fingerprint density at radius 1 is 0.917 bits per heavy atom. The van der Waals surface area contributed by atoms with E-state index in [0.717, 1.165) is 24.0 Å². The maximum Gasteiger partial charge on any atom is 0.159 e. The standard InChI is InChI=1S/C22H19NO/c1-3-8-14-13-17-15-9-5-7-12-19(15)24-22(17)21-20(14)16-10-4-6-11-18(16)23(21)2/h4-7,9-13H,3,8H2,1-2H3. The molecule has 2 heterocycles. The van der Waals surface area contributed by atoms with E-state index in [0.29, 0.717) is 0 Å². The number of fused-ring (bicyclic) bond motifs is 7. The molecule has 0 radical (unpaired) electrons. The first-order valence-electron chi connectivity index (χ1n) is 8.60. The normalized spacial score (nSPS) is 12.1. The van der Waals surface area contributed by atoms with Gasteiger partial charge in [0.1, 0.15) is 5.58 Å². The Morgan fingerprint density at radius 2 is 1.67 bits per heavy atom. The molecule has 24 heavy (non-hydrogen) atoms. The topological polar surface area (TPSA) is 18.1 Å². The first-order chi connectivity index (χ1) is 11.8. The van der Waals surface area contributed by atoms with Crippen molar-refractivity contribution in [2.24, 2.45) is 7.05 Å². The smallest absolute Gasteiger partial charge is 0.159 e. The van der Waals surface area contributed by atoms with Crippen molar-refractivity contribution in [1.29, 1.82) is 0 Å². The lowest BCUT2D eigenvalue weighted by Crippen LogP contribution is -1.89. The van der Waals surface area contributed by atoms with Gasteiger partial charge in [0.15, 0.2) is 5.58 Å². The number of hydrogen-bond donors (Lipinski definition) is 0. The lowest BCUT2D eigenvalue weighted by atomic mass is 9.99. The first-order valence-corrected chi connectivity index (χ1v) is 8.60. The molecule has 0 saturated carbocycles. The quantitative estimate of drug-likeness (QED) is 0.380. The number of para-hydroxylation sites is 2. The van der Waals surface area contributed by atoms with E-state index in [2.05, 4.69) is 67.1 Å². The van der Waals surface area contributed by atoms with Crippen molar-refractivity contribution in [3.05, 3.63) is 60.2 Å². The monoisotopic (exact) mass is 313 g/mol. The van der Waals surface area contributed by atoms with Crippen LogP contribution in [0.15, 0.2) is 59.0 Å². The molecule has 5 rings (SSSR count). The largest absolute Gasteiger partial charge is 0.454 e. The second kappa shape index (κ2) is 4.88. The summed E-state index contributed by atoms with van der Waals surface area (Å²) < 4.78 is 8.57. The van der Waals surface area contributed by atoms with Crippen LogP contribution in [0.3, 0.4) is 0 Å². The van der Waals surface area contributed by atoms with Crippen molar-refractivity contribution in [3.8, 4) is 0 Å². The lowest BCUT2D eigenvalue weighted by Gasteiger charge is -2.05. The summed E-state index contributed by atoms with van der Waals surface area (Å²) in [4.78, 5) is 0. The number of benzene rings is 3. The molecule has 0 atom stereocenters. The zero-order chi connectivity index (χ0) is 16.3. The molecule has 0 saturated heterocycles. The highest BCUT2D eigenvalue weighted by Crippen LogP contribution is 2.40. The molecule has 0 N–H and O–H groups in total. The number of aromatic nitrogens is 1. The summed E-state index contributed by atoms with van der Waals surface area (Å²) in [5.41, 5.74) is 5.87. The van der Waals surface area contributed by atoms with E-state index in [1.165, 1.54) is 38.1 Å². The van der Waals surface area contributed by atoms with Crippen LogP contribution in [0.25, 0.3) is 43.7 Å². The van der Waals surface area contributed by atoms with Crippen LogP contribution >= 0.6 is 0 Å². The van der Waals surface area contributed by atoms with Crippen LogP contribution in [0.2, 0.25) is 0 Å². The summed E-state index contributed by atoms with van der Waals surface area (Å²) in [6.07, 6.45) is 2.22. The van der Waals surface area contributed by atoms with Gasteiger partial charge in [0.25, 0.3) is 0 Å². The van der Waals surface area contributed by atoms with E-state index in [1.54, 1.807) is 0 Å². The van der Waals surface area contributed by atoms with E-state index >= 15 is 0 Å². The molecular formula is C22H19NO. The van der Waals surface area contributed by atoms with Gasteiger partial charge in [-0.3, -0.25) is 0 Å². The minimum absolute atomic E-state index is 0.965. The second-order valence-electron chi connectivity index (χ2n) is 6.56. The van der Waals surface area contributed by atoms with Crippen molar-refractivity contribution < 1.29 is 4.42 Å². The fourth-order valence-corrected chi connectivity index (χ4v) is 4.08. The van der Waals surface area contributed by atoms with Gasteiger partial charge >= 0.3 is 0 Å². The lowest BCUT2D eigenvalue weighted by molar-refractivity contribution is 0.670. The van der Waals surface area contributed by atoms with E-state index in [9.17, 15) is 0 Å². The van der Waals surface area contributed by atoms with E-state index in [-0.39, 0.29) is 0 Å². The van der Waals surface area contributed by atoms with Gasteiger partial charge in [-0.15, -0.1) is 0 Å². The van der Waals surface area contributed by atoms with Crippen LogP contribution < -0.4 is 0 Å². The Labute approximate surface area is 140 Å². The molecule has 2 heteroatoms.